The van der Waals surface area contributed by atoms with E-state index in [1.807, 2.05) is 6.07 Å². The summed E-state index contributed by atoms with van der Waals surface area (Å²) in [6.45, 7) is 7.63. The lowest BCUT2D eigenvalue weighted by molar-refractivity contribution is 0.0561. The number of esters is 1. The molecule has 1 aromatic rings. The van der Waals surface area contributed by atoms with Crippen molar-refractivity contribution in [3.63, 3.8) is 0 Å². The lowest BCUT2D eigenvalue weighted by Crippen LogP contribution is -2.25. The van der Waals surface area contributed by atoms with Crippen molar-refractivity contribution in [2.24, 2.45) is 11.3 Å². The Hall–Kier alpha value is -1.29. The van der Waals surface area contributed by atoms with E-state index in [4.69, 9.17) is 4.42 Å². The molecule has 0 spiro atoms. The number of carbonyl (C=O) groups excluding carboxylic acids is 1. The predicted octanol–water partition coefficient (Wildman–Crippen LogP) is 3.15. The van der Waals surface area contributed by atoms with Crippen molar-refractivity contribution in [3.05, 3.63) is 23.7 Å². The SMILES string of the molecule is CCCNC(c1ccc(C(=O)OC)o1)C1CC1(C)C. The molecule has 1 heterocycles. The lowest BCUT2D eigenvalue weighted by Gasteiger charge is -2.18. The Morgan fingerprint density at radius 2 is 2.26 bits per heavy atom. The van der Waals surface area contributed by atoms with E-state index in [-0.39, 0.29) is 11.8 Å². The van der Waals surface area contributed by atoms with Crippen LogP contribution >= 0.6 is 0 Å². The summed E-state index contributed by atoms with van der Waals surface area (Å²) in [5, 5.41) is 3.53. The van der Waals surface area contributed by atoms with Crippen LogP contribution in [-0.2, 0) is 4.74 Å². The molecule has 4 nitrogen and oxygen atoms in total. The second-order valence-electron chi connectivity index (χ2n) is 5.92. The fourth-order valence-electron chi connectivity index (χ4n) is 2.55. The van der Waals surface area contributed by atoms with Crippen molar-refractivity contribution in [1.29, 1.82) is 0 Å². The van der Waals surface area contributed by atoms with Crippen LogP contribution in [0.25, 0.3) is 0 Å². The van der Waals surface area contributed by atoms with Gasteiger partial charge >= 0.3 is 5.97 Å². The van der Waals surface area contributed by atoms with Crippen LogP contribution < -0.4 is 5.32 Å². The van der Waals surface area contributed by atoms with Gasteiger partial charge in [-0.1, -0.05) is 20.8 Å². The van der Waals surface area contributed by atoms with E-state index in [0.29, 0.717) is 11.3 Å². The molecule has 0 aromatic carbocycles. The van der Waals surface area contributed by atoms with Gasteiger partial charge in [0.2, 0.25) is 5.76 Å². The summed E-state index contributed by atoms with van der Waals surface area (Å²) >= 11 is 0. The zero-order valence-electron chi connectivity index (χ0n) is 12.2. The van der Waals surface area contributed by atoms with Crippen LogP contribution in [0, 0.1) is 11.3 Å². The molecule has 0 amide bonds. The second-order valence-corrected chi connectivity index (χ2v) is 5.92. The molecule has 1 fully saturated rings. The van der Waals surface area contributed by atoms with Gasteiger partial charge in [-0.25, -0.2) is 4.79 Å². The molecule has 4 heteroatoms. The van der Waals surface area contributed by atoms with Crippen LogP contribution in [0.15, 0.2) is 16.5 Å². The van der Waals surface area contributed by atoms with E-state index < -0.39 is 5.97 Å². The van der Waals surface area contributed by atoms with E-state index in [2.05, 4.69) is 30.8 Å². The van der Waals surface area contributed by atoms with E-state index in [1.165, 1.54) is 13.5 Å². The van der Waals surface area contributed by atoms with Gasteiger partial charge in [-0.15, -0.1) is 0 Å². The molecular weight excluding hydrogens is 242 g/mol. The average molecular weight is 265 g/mol. The van der Waals surface area contributed by atoms with Crippen molar-refractivity contribution in [1.82, 2.24) is 5.32 Å². The Balaban J connectivity index is 2.14. The van der Waals surface area contributed by atoms with Gasteiger partial charge in [0, 0.05) is 0 Å². The highest BCUT2D eigenvalue weighted by Gasteiger charge is 2.51. The summed E-state index contributed by atoms with van der Waals surface area (Å²) in [7, 11) is 1.36. The second kappa shape index (κ2) is 5.37. The molecule has 1 aromatic heterocycles. The summed E-state index contributed by atoms with van der Waals surface area (Å²) in [5.41, 5.74) is 0.351. The monoisotopic (exact) mass is 265 g/mol. The van der Waals surface area contributed by atoms with Crippen molar-refractivity contribution in [2.75, 3.05) is 13.7 Å². The minimum absolute atomic E-state index is 0.188. The van der Waals surface area contributed by atoms with Gasteiger partial charge in [-0.3, -0.25) is 0 Å². The van der Waals surface area contributed by atoms with Gasteiger partial charge < -0.3 is 14.5 Å². The molecule has 0 aliphatic heterocycles. The zero-order valence-corrected chi connectivity index (χ0v) is 12.2. The minimum Gasteiger partial charge on any atom is -0.463 e. The Morgan fingerprint density at radius 3 is 2.79 bits per heavy atom. The standard InChI is InChI=1S/C15H23NO3/c1-5-8-16-13(10-9-15(10,2)3)11-6-7-12(19-11)14(17)18-4/h6-7,10,13,16H,5,8-9H2,1-4H3. The van der Waals surface area contributed by atoms with Crippen LogP contribution in [0.2, 0.25) is 0 Å². The Kier molecular flexibility index (Phi) is 3.99. The van der Waals surface area contributed by atoms with Gasteiger partial charge in [0.25, 0.3) is 0 Å². The molecule has 19 heavy (non-hydrogen) atoms. The minimum atomic E-state index is -0.421. The summed E-state index contributed by atoms with van der Waals surface area (Å²) < 4.78 is 10.3. The van der Waals surface area contributed by atoms with Crippen molar-refractivity contribution >= 4 is 5.97 Å². The highest BCUT2D eigenvalue weighted by atomic mass is 16.5. The molecule has 2 rings (SSSR count). The maximum atomic E-state index is 11.4. The predicted molar refractivity (Wildman–Crippen MR) is 73.0 cm³/mol. The van der Waals surface area contributed by atoms with Gasteiger partial charge in [0.1, 0.15) is 5.76 Å². The first-order valence-electron chi connectivity index (χ1n) is 6.91. The van der Waals surface area contributed by atoms with Crippen molar-refractivity contribution < 1.29 is 13.9 Å². The van der Waals surface area contributed by atoms with Crippen molar-refractivity contribution in [3.8, 4) is 0 Å². The molecule has 0 bridgehead atoms. The smallest absolute Gasteiger partial charge is 0.373 e. The molecular formula is C15H23NO3. The number of hydrogen-bond acceptors (Lipinski definition) is 4. The van der Waals surface area contributed by atoms with Crippen LogP contribution in [0.3, 0.4) is 0 Å². The quantitative estimate of drug-likeness (QED) is 0.803. The third-order valence-corrected chi connectivity index (χ3v) is 3.93. The van der Waals surface area contributed by atoms with Crippen LogP contribution in [-0.4, -0.2) is 19.6 Å². The molecule has 1 aliphatic rings. The fourth-order valence-corrected chi connectivity index (χ4v) is 2.55. The molecule has 1 saturated carbocycles. The third kappa shape index (κ3) is 3.00. The number of nitrogens with one attached hydrogen (secondary N) is 1. The first-order valence-corrected chi connectivity index (χ1v) is 6.91. The van der Waals surface area contributed by atoms with Gasteiger partial charge in [0.15, 0.2) is 0 Å². The molecule has 0 saturated heterocycles. The first-order chi connectivity index (χ1) is 8.99. The number of hydrogen-bond donors (Lipinski definition) is 1. The topological polar surface area (TPSA) is 51.5 Å². The van der Waals surface area contributed by atoms with Gasteiger partial charge in [-0.05, 0) is 42.9 Å². The highest BCUT2D eigenvalue weighted by Crippen LogP contribution is 2.57. The Bertz CT molecular complexity index is 450. The molecule has 0 radical (unpaired) electrons. The Morgan fingerprint density at radius 1 is 1.58 bits per heavy atom. The Labute approximate surface area is 114 Å². The van der Waals surface area contributed by atoms with E-state index in [9.17, 15) is 4.79 Å². The van der Waals surface area contributed by atoms with Gasteiger partial charge in [0.05, 0.1) is 13.2 Å². The zero-order chi connectivity index (χ0) is 14.0. The maximum absolute atomic E-state index is 11.4. The number of methoxy groups -OCH3 is 1. The van der Waals surface area contributed by atoms with Crippen LogP contribution in [0.5, 0.6) is 0 Å². The molecule has 2 atom stereocenters. The molecule has 1 aliphatic carbocycles. The number of furan rings is 1. The summed E-state index contributed by atoms with van der Waals surface area (Å²) in [4.78, 5) is 11.4. The largest absolute Gasteiger partial charge is 0.463 e. The van der Waals surface area contributed by atoms with Crippen LogP contribution in [0.1, 0.15) is 56.0 Å². The third-order valence-electron chi connectivity index (χ3n) is 3.93. The normalized spacial score (nSPS) is 22.0. The number of ether oxygens (including phenoxy) is 1. The maximum Gasteiger partial charge on any atom is 0.373 e. The van der Waals surface area contributed by atoms with E-state index in [0.717, 1.165) is 18.7 Å². The van der Waals surface area contributed by atoms with E-state index in [1.54, 1.807) is 6.07 Å². The number of carbonyl (C=O) groups is 1. The van der Waals surface area contributed by atoms with Crippen LogP contribution in [0.4, 0.5) is 0 Å². The lowest BCUT2D eigenvalue weighted by atomic mass is 10.0. The highest BCUT2D eigenvalue weighted by molar-refractivity contribution is 5.86. The van der Waals surface area contributed by atoms with Gasteiger partial charge in [-0.2, -0.15) is 0 Å². The number of rotatable bonds is 6. The summed E-state index contributed by atoms with van der Waals surface area (Å²) in [6.07, 6.45) is 2.26. The average Bonchev–Trinajstić information content (AvgIpc) is 2.81. The molecule has 2 unspecified atom stereocenters. The molecule has 106 valence electrons. The molecule has 1 N–H and O–H groups in total. The van der Waals surface area contributed by atoms with Crippen molar-refractivity contribution in [2.45, 2.75) is 39.7 Å². The van der Waals surface area contributed by atoms with E-state index >= 15 is 0 Å². The first kappa shape index (κ1) is 14.1. The summed E-state index contributed by atoms with van der Waals surface area (Å²) in [5.74, 6) is 1.26. The fraction of sp³-hybridized carbons (Fsp3) is 0.667. The summed E-state index contributed by atoms with van der Waals surface area (Å²) in [6, 6.07) is 3.76.